The van der Waals surface area contributed by atoms with Crippen molar-refractivity contribution in [1.82, 2.24) is 20.0 Å². The summed E-state index contributed by atoms with van der Waals surface area (Å²) < 4.78 is 1.90. The van der Waals surface area contributed by atoms with E-state index in [1.807, 2.05) is 11.7 Å². The molecule has 1 aliphatic heterocycles. The molecule has 178 valence electrons. The lowest BCUT2D eigenvalue weighted by molar-refractivity contribution is 0.0913. The number of aromatic nitrogens is 2. The van der Waals surface area contributed by atoms with Crippen LogP contribution in [0.3, 0.4) is 0 Å². The number of aryl methyl sites for hydroxylation is 1. The Bertz CT molecular complexity index is 927. The molecule has 4 fully saturated rings. The molecule has 6 nitrogen and oxygen atoms in total. The molecular weight excluding hydrogens is 410 g/mol. The molecule has 6 atom stereocenters. The van der Waals surface area contributed by atoms with E-state index in [1.165, 1.54) is 32.1 Å². The molecule has 6 rings (SSSR count). The van der Waals surface area contributed by atoms with Crippen LogP contribution in [0.25, 0.3) is 0 Å². The van der Waals surface area contributed by atoms with Crippen LogP contribution in [-0.2, 0) is 7.05 Å². The van der Waals surface area contributed by atoms with E-state index in [-0.39, 0.29) is 5.91 Å². The van der Waals surface area contributed by atoms with Gasteiger partial charge in [-0.15, -0.1) is 0 Å². The number of allylic oxidation sites excluding steroid dienone is 3. The van der Waals surface area contributed by atoms with Gasteiger partial charge in [0, 0.05) is 45.8 Å². The number of nitrogens with zero attached hydrogens (tertiary/aromatic N) is 4. The largest absolute Gasteiger partial charge is 0.354 e. The highest BCUT2D eigenvalue weighted by atomic mass is 16.1. The summed E-state index contributed by atoms with van der Waals surface area (Å²) in [5, 5.41) is 8.01. The number of fused-ring (bicyclic) bond motifs is 2. The van der Waals surface area contributed by atoms with Gasteiger partial charge in [0.05, 0.1) is 6.20 Å². The molecule has 6 heteroatoms. The molecule has 3 saturated carbocycles. The Morgan fingerprint density at radius 3 is 2.73 bits per heavy atom. The molecule has 2 heterocycles. The third-order valence-corrected chi connectivity index (χ3v) is 9.25. The maximum atomic E-state index is 13.5. The Kier molecular flexibility index (Phi) is 5.81. The van der Waals surface area contributed by atoms with Crippen LogP contribution in [0.15, 0.2) is 30.5 Å². The molecule has 6 unspecified atom stereocenters. The van der Waals surface area contributed by atoms with Crippen LogP contribution in [0.2, 0.25) is 0 Å². The first-order valence-electron chi connectivity index (χ1n) is 13.3. The quantitative estimate of drug-likeness (QED) is 0.746. The molecule has 4 aliphatic carbocycles. The van der Waals surface area contributed by atoms with Crippen molar-refractivity contribution in [2.24, 2.45) is 36.6 Å². The van der Waals surface area contributed by atoms with E-state index in [1.54, 1.807) is 6.20 Å². The average Bonchev–Trinajstić information content (AvgIpc) is 3.33. The van der Waals surface area contributed by atoms with E-state index < -0.39 is 0 Å². The number of nitrogens with one attached hydrogen (secondary N) is 1. The third-order valence-electron chi connectivity index (χ3n) is 9.25. The van der Waals surface area contributed by atoms with Gasteiger partial charge in [-0.3, -0.25) is 14.4 Å². The van der Waals surface area contributed by atoms with Crippen molar-refractivity contribution in [2.45, 2.75) is 51.0 Å². The molecule has 0 aromatic carbocycles. The van der Waals surface area contributed by atoms with Crippen molar-refractivity contribution in [2.75, 3.05) is 37.6 Å². The van der Waals surface area contributed by atoms with Crippen molar-refractivity contribution in [1.29, 1.82) is 0 Å². The van der Waals surface area contributed by atoms with Gasteiger partial charge in [0.1, 0.15) is 11.4 Å². The van der Waals surface area contributed by atoms with E-state index >= 15 is 0 Å². The molecule has 1 aromatic rings. The van der Waals surface area contributed by atoms with E-state index in [9.17, 15) is 4.79 Å². The molecular formula is C27H39N5O. The highest BCUT2D eigenvalue weighted by Crippen LogP contribution is 2.53. The summed E-state index contributed by atoms with van der Waals surface area (Å²) in [7, 11) is 1.98. The molecule has 1 aromatic heterocycles. The predicted octanol–water partition coefficient (Wildman–Crippen LogP) is 3.62. The monoisotopic (exact) mass is 449 g/mol. The normalized spacial score (nSPS) is 35.7. The van der Waals surface area contributed by atoms with Crippen molar-refractivity contribution in [3.63, 3.8) is 0 Å². The van der Waals surface area contributed by atoms with E-state index in [0.29, 0.717) is 17.9 Å². The second-order valence-corrected chi connectivity index (χ2v) is 11.4. The standard InChI is InChI=1S/C27H39N5O/c1-30-27(32-11-9-31(10-12-32)18-19-5-3-2-4-6-19)24(17-28-30)26(33)29-25-8-7-20-13-21-15-22(14-20)23(25)16-21/h2-5,17,19-23,25H,6-16,18H2,1H3,(H,29,33). The minimum absolute atomic E-state index is 0.0888. The summed E-state index contributed by atoms with van der Waals surface area (Å²) in [4.78, 5) is 18.4. The van der Waals surface area contributed by atoms with E-state index in [0.717, 1.165) is 74.7 Å². The van der Waals surface area contributed by atoms with E-state index in [2.05, 4.69) is 44.5 Å². The number of amides is 1. The molecule has 5 aliphatic rings. The Hall–Kier alpha value is -2.08. The highest BCUT2D eigenvalue weighted by molar-refractivity contribution is 5.99. The first kappa shape index (κ1) is 21.5. The van der Waals surface area contributed by atoms with Crippen LogP contribution in [-0.4, -0.2) is 59.4 Å². The number of piperazine rings is 1. The van der Waals surface area contributed by atoms with Gasteiger partial charge in [-0.1, -0.05) is 24.3 Å². The molecule has 0 spiro atoms. The van der Waals surface area contributed by atoms with Crippen LogP contribution in [0.5, 0.6) is 0 Å². The Balaban J connectivity index is 1.10. The summed E-state index contributed by atoms with van der Waals surface area (Å²) in [5.74, 6) is 5.08. The molecule has 0 radical (unpaired) electrons. The molecule has 33 heavy (non-hydrogen) atoms. The summed E-state index contributed by atoms with van der Waals surface area (Å²) in [6.07, 6.45) is 19.9. The second kappa shape index (κ2) is 8.94. The van der Waals surface area contributed by atoms with Gasteiger partial charge in [-0.05, 0) is 74.5 Å². The van der Waals surface area contributed by atoms with Gasteiger partial charge in [0.2, 0.25) is 0 Å². The topological polar surface area (TPSA) is 53.4 Å². The Morgan fingerprint density at radius 2 is 1.91 bits per heavy atom. The van der Waals surface area contributed by atoms with Gasteiger partial charge in [-0.25, -0.2) is 0 Å². The Labute approximate surface area is 198 Å². The first-order valence-corrected chi connectivity index (χ1v) is 13.3. The lowest BCUT2D eigenvalue weighted by atomic mass is 9.80. The number of carbonyl (C=O) groups is 1. The molecule has 1 saturated heterocycles. The smallest absolute Gasteiger partial charge is 0.256 e. The Morgan fingerprint density at radius 1 is 1.06 bits per heavy atom. The van der Waals surface area contributed by atoms with Crippen LogP contribution in [0, 0.1) is 29.6 Å². The number of hydrogen-bond donors (Lipinski definition) is 1. The minimum Gasteiger partial charge on any atom is -0.354 e. The molecule has 3 bridgehead atoms. The van der Waals surface area contributed by atoms with Gasteiger partial charge < -0.3 is 10.2 Å². The van der Waals surface area contributed by atoms with Crippen LogP contribution >= 0.6 is 0 Å². The maximum Gasteiger partial charge on any atom is 0.256 e. The van der Waals surface area contributed by atoms with Crippen LogP contribution < -0.4 is 10.2 Å². The van der Waals surface area contributed by atoms with Gasteiger partial charge >= 0.3 is 0 Å². The van der Waals surface area contributed by atoms with Gasteiger partial charge in [0.15, 0.2) is 0 Å². The second-order valence-electron chi connectivity index (χ2n) is 11.4. The van der Waals surface area contributed by atoms with Crippen molar-refractivity contribution in [3.8, 4) is 0 Å². The first-order chi connectivity index (χ1) is 16.1. The lowest BCUT2D eigenvalue weighted by Crippen LogP contribution is -2.49. The van der Waals surface area contributed by atoms with Gasteiger partial charge in [0.25, 0.3) is 5.91 Å². The predicted molar refractivity (Wildman–Crippen MR) is 131 cm³/mol. The summed E-state index contributed by atoms with van der Waals surface area (Å²) in [6, 6.07) is 0.348. The van der Waals surface area contributed by atoms with Crippen LogP contribution in [0.4, 0.5) is 5.82 Å². The maximum absolute atomic E-state index is 13.5. The summed E-state index contributed by atoms with van der Waals surface area (Å²) in [5.41, 5.74) is 0.759. The molecule has 1 N–H and O–H groups in total. The van der Waals surface area contributed by atoms with Gasteiger partial charge in [-0.2, -0.15) is 5.10 Å². The zero-order chi connectivity index (χ0) is 22.4. The fourth-order valence-electron chi connectivity index (χ4n) is 7.73. The minimum atomic E-state index is 0.0888. The summed E-state index contributed by atoms with van der Waals surface area (Å²) in [6.45, 7) is 5.09. The average molecular weight is 450 g/mol. The zero-order valence-electron chi connectivity index (χ0n) is 20.0. The number of carbonyl (C=O) groups excluding carboxylic acids is 1. The highest BCUT2D eigenvalue weighted by Gasteiger charge is 2.46. The van der Waals surface area contributed by atoms with Crippen molar-refractivity contribution in [3.05, 3.63) is 36.1 Å². The lowest BCUT2D eigenvalue weighted by Gasteiger charge is -2.37. The number of rotatable bonds is 5. The van der Waals surface area contributed by atoms with Crippen molar-refractivity contribution < 1.29 is 4.79 Å². The number of anilines is 1. The SMILES string of the molecule is Cn1ncc(C(=O)NC2CCC3CC4CC(C3)C2C4)c1N1CCN(CC2C=CC=CC2)CC1. The molecule has 1 amide bonds. The van der Waals surface area contributed by atoms with Crippen molar-refractivity contribution >= 4 is 11.7 Å². The zero-order valence-corrected chi connectivity index (χ0v) is 20.0. The van der Waals surface area contributed by atoms with E-state index in [4.69, 9.17) is 0 Å². The number of hydrogen-bond acceptors (Lipinski definition) is 4. The van der Waals surface area contributed by atoms with Crippen LogP contribution in [0.1, 0.15) is 55.3 Å². The third kappa shape index (κ3) is 4.27. The fourth-order valence-corrected chi connectivity index (χ4v) is 7.73. The summed E-state index contributed by atoms with van der Waals surface area (Å²) >= 11 is 0. The fraction of sp³-hybridized carbons (Fsp3) is 0.704.